The topological polar surface area (TPSA) is 68.0 Å². The molecular formula is C16H15N3OS. The van der Waals surface area contributed by atoms with Gasteiger partial charge in [-0.3, -0.25) is 4.79 Å². The molecule has 1 aromatic heterocycles. The van der Waals surface area contributed by atoms with E-state index in [1.807, 2.05) is 30.3 Å². The van der Waals surface area contributed by atoms with Gasteiger partial charge in [0.2, 0.25) is 0 Å². The lowest BCUT2D eigenvalue weighted by molar-refractivity contribution is 0.0954. The van der Waals surface area contributed by atoms with Gasteiger partial charge in [-0.2, -0.15) is 0 Å². The number of hydrogen-bond acceptors (Lipinski definition) is 4. The molecule has 0 spiro atoms. The molecule has 3 aromatic rings. The normalized spacial score (nSPS) is 10.7. The Kier molecular flexibility index (Phi) is 3.83. The van der Waals surface area contributed by atoms with Crippen LogP contribution in [0.3, 0.4) is 0 Å². The van der Waals surface area contributed by atoms with Crippen molar-refractivity contribution in [3.05, 3.63) is 59.7 Å². The Labute approximate surface area is 126 Å². The molecule has 1 amide bonds. The molecule has 21 heavy (non-hydrogen) atoms. The largest absolute Gasteiger partial charge is 0.375 e. The Morgan fingerprint density at radius 2 is 2.00 bits per heavy atom. The number of nitrogens with one attached hydrogen (secondary N) is 1. The number of nitrogens with two attached hydrogens (primary N) is 1. The fraction of sp³-hybridized carbons (Fsp3) is 0.125. The summed E-state index contributed by atoms with van der Waals surface area (Å²) in [6.07, 6.45) is 0.822. The molecule has 3 rings (SSSR count). The maximum absolute atomic E-state index is 12.1. The molecule has 0 aliphatic heterocycles. The van der Waals surface area contributed by atoms with E-state index in [-0.39, 0.29) is 5.91 Å². The first-order valence-corrected chi connectivity index (χ1v) is 7.52. The van der Waals surface area contributed by atoms with Crippen molar-refractivity contribution < 1.29 is 4.79 Å². The molecule has 0 saturated heterocycles. The Hall–Kier alpha value is -2.40. The van der Waals surface area contributed by atoms with Crippen molar-refractivity contribution in [3.63, 3.8) is 0 Å². The SMILES string of the molecule is Nc1nc2ccc(C(=O)NCCc3ccccc3)cc2s1. The second-order valence-electron chi connectivity index (χ2n) is 4.73. The second-order valence-corrected chi connectivity index (χ2v) is 5.79. The Balaban J connectivity index is 1.63. The number of fused-ring (bicyclic) bond motifs is 1. The maximum Gasteiger partial charge on any atom is 0.251 e. The Bertz CT molecular complexity index is 768. The van der Waals surface area contributed by atoms with Gasteiger partial charge in [-0.1, -0.05) is 41.7 Å². The molecule has 1 heterocycles. The average Bonchev–Trinajstić information content (AvgIpc) is 2.87. The summed E-state index contributed by atoms with van der Waals surface area (Å²) in [6.45, 7) is 0.617. The van der Waals surface area contributed by atoms with Gasteiger partial charge in [0.05, 0.1) is 10.2 Å². The zero-order valence-electron chi connectivity index (χ0n) is 11.4. The minimum absolute atomic E-state index is 0.0696. The monoisotopic (exact) mass is 297 g/mol. The molecule has 3 N–H and O–H groups in total. The number of aromatic nitrogens is 1. The number of carbonyl (C=O) groups is 1. The minimum atomic E-state index is -0.0696. The number of thiazole rings is 1. The number of hydrogen-bond donors (Lipinski definition) is 2. The summed E-state index contributed by atoms with van der Waals surface area (Å²) in [7, 11) is 0. The molecule has 4 nitrogen and oxygen atoms in total. The highest BCUT2D eigenvalue weighted by molar-refractivity contribution is 7.22. The van der Waals surface area contributed by atoms with E-state index < -0.39 is 0 Å². The van der Waals surface area contributed by atoms with E-state index in [0.717, 1.165) is 16.6 Å². The van der Waals surface area contributed by atoms with Crippen molar-refractivity contribution >= 4 is 32.6 Å². The number of amides is 1. The predicted molar refractivity (Wildman–Crippen MR) is 86.5 cm³/mol. The summed E-state index contributed by atoms with van der Waals surface area (Å²) >= 11 is 1.39. The molecule has 0 aliphatic carbocycles. The second kappa shape index (κ2) is 5.93. The van der Waals surface area contributed by atoms with Crippen LogP contribution in [0.1, 0.15) is 15.9 Å². The lowest BCUT2D eigenvalue weighted by atomic mass is 10.1. The summed E-state index contributed by atoms with van der Waals surface area (Å²) in [5.74, 6) is -0.0696. The first-order valence-electron chi connectivity index (χ1n) is 6.70. The van der Waals surface area contributed by atoms with E-state index in [9.17, 15) is 4.79 Å². The zero-order valence-corrected chi connectivity index (χ0v) is 12.2. The van der Waals surface area contributed by atoms with E-state index >= 15 is 0 Å². The lowest BCUT2D eigenvalue weighted by Gasteiger charge is -2.05. The van der Waals surface area contributed by atoms with Crippen molar-refractivity contribution in [2.45, 2.75) is 6.42 Å². The first kappa shape index (κ1) is 13.6. The first-order chi connectivity index (χ1) is 10.2. The van der Waals surface area contributed by atoms with Crippen molar-refractivity contribution in [2.24, 2.45) is 0 Å². The quantitative estimate of drug-likeness (QED) is 0.778. The van der Waals surface area contributed by atoms with Crippen molar-refractivity contribution in [1.29, 1.82) is 0 Å². The molecule has 0 aliphatic rings. The van der Waals surface area contributed by atoms with Crippen LogP contribution in [0.5, 0.6) is 0 Å². The van der Waals surface area contributed by atoms with Crippen molar-refractivity contribution in [2.75, 3.05) is 12.3 Å². The smallest absolute Gasteiger partial charge is 0.251 e. The van der Waals surface area contributed by atoms with Gasteiger partial charge in [-0.05, 0) is 30.2 Å². The Morgan fingerprint density at radius 1 is 1.19 bits per heavy atom. The molecule has 0 fully saturated rings. The van der Waals surface area contributed by atoms with Gasteiger partial charge in [-0.25, -0.2) is 4.98 Å². The van der Waals surface area contributed by atoms with Gasteiger partial charge < -0.3 is 11.1 Å². The lowest BCUT2D eigenvalue weighted by Crippen LogP contribution is -2.25. The summed E-state index contributed by atoms with van der Waals surface area (Å²) in [6, 6.07) is 15.5. The highest BCUT2D eigenvalue weighted by Crippen LogP contribution is 2.24. The fourth-order valence-electron chi connectivity index (χ4n) is 2.15. The third-order valence-electron chi connectivity index (χ3n) is 3.21. The third-order valence-corrected chi connectivity index (χ3v) is 4.06. The van der Waals surface area contributed by atoms with Crippen LogP contribution < -0.4 is 11.1 Å². The predicted octanol–water partition coefficient (Wildman–Crippen LogP) is 2.85. The number of anilines is 1. The van der Waals surface area contributed by atoms with Crippen molar-refractivity contribution in [3.8, 4) is 0 Å². The van der Waals surface area contributed by atoms with Gasteiger partial charge in [0, 0.05) is 12.1 Å². The van der Waals surface area contributed by atoms with Crippen LogP contribution >= 0.6 is 11.3 Å². The van der Waals surface area contributed by atoms with Gasteiger partial charge in [0.25, 0.3) is 5.91 Å². The Morgan fingerprint density at radius 3 is 2.81 bits per heavy atom. The van der Waals surface area contributed by atoms with Crippen LogP contribution in [-0.4, -0.2) is 17.4 Å². The van der Waals surface area contributed by atoms with E-state index in [0.29, 0.717) is 17.2 Å². The van der Waals surface area contributed by atoms with E-state index in [1.54, 1.807) is 6.07 Å². The molecule has 0 atom stereocenters. The van der Waals surface area contributed by atoms with E-state index in [4.69, 9.17) is 5.73 Å². The zero-order chi connectivity index (χ0) is 14.7. The molecule has 0 unspecified atom stereocenters. The average molecular weight is 297 g/mol. The van der Waals surface area contributed by atoms with Crippen LogP contribution in [0.4, 0.5) is 5.13 Å². The summed E-state index contributed by atoms with van der Waals surface area (Å²) < 4.78 is 0.934. The number of nitrogen functional groups attached to an aromatic ring is 1. The van der Waals surface area contributed by atoms with Gasteiger partial charge in [0.15, 0.2) is 5.13 Å². The number of carbonyl (C=O) groups excluding carboxylic acids is 1. The number of rotatable bonds is 4. The summed E-state index contributed by atoms with van der Waals surface area (Å²) in [4.78, 5) is 16.3. The molecule has 0 radical (unpaired) electrons. The third kappa shape index (κ3) is 3.20. The highest BCUT2D eigenvalue weighted by atomic mass is 32.1. The van der Waals surface area contributed by atoms with Crippen LogP contribution in [0.15, 0.2) is 48.5 Å². The van der Waals surface area contributed by atoms with Crippen LogP contribution in [0, 0.1) is 0 Å². The van der Waals surface area contributed by atoms with Crippen LogP contribution in [0.2, 0.25) is 0 Å². The minimum Gasteiger partial charge on any atom is -0.375 e. The summed E-state index contributed by atoms with van der Waals surface area (Å²) in [5, 5.41) is 3.45. The van der Waals surface area contributed by atoms with Gasteiger partial charge >= 0.3 is 0 Å². The molecular weight excluding hydrogens is 282 g/mol. The van der Waals surface area contributed by atoms with E-state index in [2.05, 4.69) is 22.4 Å². The maximum atomic E-state index is 12.1. The van der Waals surface area contributed by atoms with Gasteiger partial charge in [-0.15, -0.1) is 0 Å². The fourth-order valence-corrected chi connectivity index (χ4v) is 2.92. The van der Waals surface area contributed by atoms with Crippen molar-refractivity contribution in [1.82, 2.24) is 10.3 Å². The summed E-state index contributed by atoms with van der Waals surface area (Å²) in [5.41, 5.74) is 8.35. The van der Waals surface area contributed by atoms with E-state index in [1.165, 1.54) is 16.9 Å². The van der Waals surface area contributed by atoms with Crippen LogP contribution in [-0.2, 0) is 6.42 Å². The highest BCUT2D eigenvalue weighted by Gasteiger charge is 2.08. The molecule has 0 bridgehead atoms. The molecule has 0 saturated carbocycles. The standard InChI is InChI=1S/C16H15N3OS/c17-16-19-13-7-6-12(10-14(13)21-16)15(20)18-9-8-11-4-2-1-3-5-11/h1-7,10H,8-9H2,(H2,17,19)(H,18,20). The number of benzene rings is 2. The molecule has 106 valence electrons. The van der Waals surface area contributed by atoms with Gasteiger partial charge in [0.1, 0.15) is 0 Å². The molecule has 5 heteroatoms. The number of nitrogens with zero attached hydrogens (tertiary/aromatic N) is 1. The molecule has 2 aromatic carbocycles. The van der Waals surface area contributed by atoms with Crippen LogP contribution in [0.25, 0.3) is 10.2 Å².